The number of amides is 1. The predicted molar refractivity (Wildman–Crippen MR) is 74.4 cm³/mol. The van der Waals surface area contributed by atoms with Gasteiger partial charge in [-0.25, -0.2) is 0 Å². The van der Waals surface area contributed by atoms with E-state index in [1.165, 1.54) is 0 Å². The van der Waals surface area contributed by atoms with Crippen molar-refractivity contribution >= 4 is 11.7 Å². The van der Waals surface area contributed by atoms with Crippen LogP contribution >= 0.6 is 0 Å². The smallest absolute Gasteiger partial charge is 0.236 e. The molecule has 0 aromatic heterocycles. The normalized spacial score (nSPS) is 24.1. The van der Waals surface area contributed by atoms with Crippen LogP contribution in [0.4, 0.5) is 0 Å². The van der Waals surface area contributed by atoms with Crippen molar-refractivity contribution in [3.05, 3.63) is 0 Å². The Bertz CT molecular complexity index is 382. The average molecular weight is 284 g/mol. The Hall–Kier alpha value is -1.34. The minimum atomic E-state index is -0.777. The first-order valence-electron chi connectivity index (χ1n) is 7.24. The molecule has 1 amide bonds. The molecule has 2 aliphatic rings. The molecule has 7 nitrogen and oxygen atoms in total. The lowest BCUT2D eigenvalue weighted by Crippen LogP contribution is -2.55. The summed E-state index contributed by atoms with van der Waals surface area (Å²) in [5.74, 6) is 0.0371. The Balaban J connectivity index is 2.02. The Morgan fingerprint density at radius 2 is 1.95 bits per heavy atom. The highest BCUT2D eigenvalue weighted by molar-refractivity contribution is 6.07. The van der Waals surface area contributed by atoms with E-state index in [1.807, 2.05) is 4.90 Å². The Kier molecular flexibility index (Phi) is 4.82. The van der Waals surface area contributed by atoms with E-state index in [1.54, 1.807) is 0 Å². The van der Waals surface area contributed by atoms with Crippen LogP contribution in [-0.4, -0.2) is 71.2 Å². The lowest BCUT2D eigenvalue weighted by atomic mass is 9.67. The number of amidine groups is 1. The lowest BCUT2D eigenvalue weighted by Gasteiger charge is -2.42. The third kappa shape index (κ3) is 2.73. The molecular formula is C13H24N4O3. The summed E-state index contributed by atoms with van der Waals surface area (Å²) in [6.07, 6.45) is 3.15. The number of rotatable bonds is 4. The molecule has 0 atom stereocenters. The molecule has 1 saturated carbocycles. The highest BCUT2D eigenvalue weighted by atomic mass is 16.4. The van der Waals surface area contributed by atoms with Crippen molar-refractivity contribution in [2.75, 3.05) is 39.3 Å². The highest BCUT2D eigenvalue weighted by Gasteiger charge is 2.50. The van der Waals surface area contributed by atoms with Crippen LogP contribution in [0.2, 0.25) is 0 Å². The third-order valence-electron chi connectivity index (χ3n) is 4.51. The molecule has 2 fully saturated rings. The largest absolute Gasteiger partial charge is 0.409 e. The summed E-state index contributed by atoms with van der Waals surface area (Å²) < 4.78 is 0. The van der Waals surface area contributed by atoms with Gasteiger partial charge in [-0.2, -0.15) is 0 Å². The topological polar surface area (TPSA) is 102 Å². The Morgan fingerprint density at radius 1 is 1.20 bits per heavy atom. The fourth-order valence-corrected chi connectivity index (χ4v) is 3.05. The number of aliphatic hydroxyl groups is 1. The first-order valence-corrected chi connectivity index (χ1v) is 7.24. The maximum absolute atomic E-state index is 12.7. The van der Waals surface area contributed by atoms with Crippen LogP contribution in [0.15, 0.2) is 5.16 Å². The molecule has 0 radical (unpaired) electrons. The molecular weight excluding hydrogens is 260 g/mol. The van der Waals surface area contributed by atoms with Crippen molar-refractivity contribution in [2.45, 2.75) is 25.7 Å². The predicted octanol–water partition coefficient (Wildman–Crippen LogP) is -0.570. The zero-order chi connectivity index (χ0) is 14.6. The van der Waals surface area contributed by atoms with Crippen molar-refractivity contribution in [2.24, 2.45) is 16.3 Å². The van der Waals surface area contributed by atoms with E-state index in [-0.39, 0.29) is 18.3 Å². The third-order valence-corrected chi connectivity index (χ3v) is 4.51. The first kappa shape index (κ1) is 15.1. The van der Waals surface area contributed by atoms with Crippen LogP contribution in [0, 0.1) is 5.41 Å². The summed E-state index contributed by atoms with van der Waals surface area (Å²) in [4.78, 5) is 16.7. The van der Waals surface area contributed by atoms with Crippen LogP contribution < -0.4 is 5.73 Å². The molecule has 4 N–H and O–H groups in total. The van der Waals surface area contributed by atoms with Crippen molar-refractivity contribution < 1.29 is 15.1 Å². The number of β-amino-alcohol motifs (C(OH)–C–C–N with tert-alkyl or cyclic N) is 1. The van der Waals surface area contributed by atoms with Gasteiger partial charge in [0.15, 0.2) is 5.84 Å². The standard InChI is InChI=1S/C13H24N4O3/c14-11(15-20)13(3-1-4-13)12(19)17-6-2-5-16(7-8-17)9-10-18/h18,20H,1-10H2,(H2,14,15). The minimum Gasteiger partial charge on any atom is -0.409 e. The summed E-state index contributed by atoms with van der Waals surface area (Å²) in [6.45, 7) is 3.77. The van der Waals surface area contributed by atoms with Gasteiger partial charge >= 0.3 is 0 Å². The van der Waals surface area contributed by atoms with Crippen LogP contribution in [0.3, 0.4) is 0 Å². The van der Waals surface area contributed by atoms with Gasteiger partial charge in [0.2, 0.25) is 5.91 Å². The Labute approximate surface area is 119 Å². The molecule has 2 rings (SSSR count). The van der Waals surface area contributed by atoms with Gasteiger partial charge in [0, 0.05) is 26.2 Å². The van der Waals surface area contributed by atoms with E-state index < -0.39 is 5.41 Å². The van der Waals surface area contributed by atoms with Gasteiger partial charge in [-0.1, -0.05) is 11.6 Å². The summed E-state index contributed by atoms with van der Waals surface area (Å²) in [5.41, 5.74) is 4.97. The number of hydrogen-bond donors (Lipinski definition) is 3. The number of carbonyl (C=O) groups excluding carboxylic acids is 1. The SMILES string of the molecule is NC(=NO)C1(C(=O)N2CCCN(CCO)CC2)CCC1. The van der Waals surface area contributed by atoms with Crippen molar-refractivity contribution in [1.82, 2.24) is 9.80 Å². The number of nitrogens with zero attached hydrogens (tertiary/aromatic N) is 3. The van der Waals surface area contributed by atoms with E-state index in [9.17, 15) is 4.79 Å². The van der Waals surface area contributed by atoms with E-state index in [0.717, 1.165) is 25.9 Å². The molecule has 1 heterocycles. The van der Waals surface area contributed by atoms with Crippen molar-refractivity contribution in [3.8, 4) is 0 Å². The quantitative estimate of drug-likeness (QED) is 0.278. The molecule has 114 valence electrons. The summed E-state index contributed by atoms with van der Waals surface area (Å²) in [7, 11) is 0. The fourth-order valence-electron chi connectivity index (χ4n) is 3.05. The van der Waals surface area contributed by atoms with Gasteiger partial charge in [0.05, 0.1) is 6.61 Å². The van der Waals surface area contributed by atoms with Gasteiger partial charge in [-0.15, -0.1) is 0 Å². The lowest BCUT2D eigenvalue weighted by molar-refractivity contribution is -0.142. The van der Waals surface area contributed by atoms with E-state index in [4.69, 9.17) is 16.0 Å². The van der Waals surface area contributed by atoms with Crippen LogP contribution in [0.1, 0.15) is 25.7 Å². The molecule has 1 aliphatic carbocycles. The molecule has 1 aliphatic heterocycles. The summed E-state index contributed by atoms with van der Waals surface area (Å²) in [6, 6.07) is 0. The fraction of sp³-hybridized carbons (Fsp3) is 0.846. The second-order valence-corrected chi connectivity index (χ2v) is 5.63. The van der Waals surface area contributed by atoms with Gasteiger partial charge in [-0.05, 0) is 25.8 Å². The molecule has 7 heteroatoms. The van der Waals surface area contributed by atoms with Crippen LogP contribution in [0.5, 0.6) is 0 Å². The summed E-state index contributed by atoms with van der Waals surface area (Å²) >= 11 is 0. The summed E-state index contributed by atoms with van der Waals surface area (Å²) in [5, 5.41) is 21.0. The monoisotopic (exact) mass is 284 g/mol. The maximum Gasteiger partial charge on any atom is 0.236 e. The number of oxime groups is 1. The Morgan fingerprint density at radius 3 is 2.50 bits per heavy atom. The first-order chi connectivity index (χ1) is 9.64. The average Bonchev–Trinajstić information content (AvgIpc) is 2.63. The number of hydrogen-bond acceptors (Lipinski definition) is 5. The van der Waals surface area contributed by atoms with Gasteiger partial charge in [0.1, 0.15) is 5.41 Å². The minimum absolute atomic E-state index is 0.00935. The van der Waals surface area contributed by atoms with Crippen LogP contribution in [-0.2, 0) is 4.79 Å². The zero-order valence-corrected chi connectivity index (χ0v) is 11.8. The van der Waals surface area contributed by atoms with Crippen molar-refractivity contribution in [3.63, 3.8) is 0 Å². The van der Waals surface area contributed by atoms with Gasteiger partial charge in [0.25, 0.3) is 0 Å². The van der Waals surface area contributed by atoms with Crippen LogP contribution in [0.25, 0.3) is 0 Å². The highest BCUT2D eigenvalue weighted by Crippen LogP contribution is 2.42. The van der Waals surface area contributed by atoms with E-state index in [2.05, 4.69) is 10.1 Å². The van der Waals surface area contributed by atoms with E-state index in [0.29, 0.717) is 32.5 Å². The zero-order valence-electron chi connectivity index (χ0n) is 11.8. The second kappa shape index (κ2) is 6.41. The number of nitrogens with two attached hydrogens (primary N) is 1. The number of carbonyl (C=O) groups is 1. The van der Waals surface area contributed by atoms with Gasteiger partial charge < -0.3 is 20.9 Å². The molecule has 0 aromatic rings. The molecule has 0 unspecified atom stereocenters. The van der Waals surface area contributed by atoms with Crippen molar-refractivity contribution in [1.29, 1.82) is 0 Å². The molecule has 0 bridgehead atoms. The van der Waals surface area contributed by atoms with Gasteiger partial charge in [-0.3, -0.25) is 9.69 Å². The molecule has 1 saturated heterocycles. The molecule has 20 heavy (non-hydrogen) atoms. The number of aliphatic hydroxyl groups excluding tert-OH is 1. The molecule has 0 aromatic carbocycles. The molecule has 0 spiro atoms. The second-order valence-electron chi connectivity index (χ2n) is 5.63. The van der Waals surface area contributed by atoms with E-state index >= 15 is 0 Å². The maximum atomic E-state index is 12.7.